The van der Waals surface area contributed by atoms with Gasteiger partial charge in [-0.2, -0.15) is 0 Å². The molecule has 0 unspecified atom stereocenters. The number of aryl methyl sites for hydroxylation is 3. The Bertz CT molecular complexity index is 1270. The molecule has 0 atom stereocenters. The van der Waals surface area contributed by atoms with Gasteiger partial charge >= 0.3 is 5.97 Å². The molecule has 3 amide bonds. The molecule has 0 spiro atoms. The lowest BCUT2D eigenvalue weighted by Gasteiger charge is -2.16. The molecular weight excluding hydrogens is 611 g/mol. The van der Waals surface area contributed by atoms with Crippen LogP contribution in [-0.2, 0) is 19.1 Å². The predicted octanol–water partition coefficient (Wildman–Crippen LogP) is 4.84. The molecule has 1 aliphatic heterocycles. The number of anilines is 1. The van der Waals surface area contributed by atoms with Crippen molar-refractivity contribution in [1.82, 2.24) is 4.90 Å². The average molecular weight is 638 g/mol. The quantitative estimate of drug-likeness (QED) is 0.236. The van der Waals surface area contributed by atoms with Gasteiger partial charge < -0.3 is 19.5 Å². The van der Waals surface area contributed by atoms with Crippen molar-refractivity contribution in [2.45, 2.75) is 27.7 Å². The molecule has 196 valence electrons. The summed E-state index contributed by atoms with van der Waals surface area (Å²) in [5, 5.41) is 2.29. The molecule has 1 heterocycles. The van der Waals surface area contributed by atoms with Crippen LogP contribution in [0.25, 0.3) is 6.08 Å². The Labute approximate surface area is 233 Å². The van der Waals surface area contributed by atoms with E-state index in [0.717, 1.165) is 33.4 Å². The Morgan fingerprint density at radius 1 is 1.11 bits per heavy atom. The van der Waals surface area contributed by atoms with Gasteiger partial charge in [0.1, 0.15) is 6.54 Å². The van der Waals surface area contributed by atoms with Gasteiger partial charge in [0.25, 0.3) is 11.1 Å². The van der Waals surface area contributed by atoms with Gasteiger partial charge in [0.15, 0.2) is 18.1 Å². The highest BCUT2D eigenvalue weighted by Gasteiger charge is 2.36. The van der Waals surface area contributed by atoms with Crippen molar-refractivity contribution < 1.29 is 33.4 Å². The summed E-state index contributed by atoms with van der Waals surface area (Å²) in [5.41, 5.74) is 4.14. The number of halogens is 1. The second-order valence-electron chi connectivity index (χ2n) is 8.22. The fourth-order valence-corrected chi connectivity index (χ4v) is 5.40. The Morgan fingerprint density at radius 2 is 1.78 bits per heavy atom. The van der Waals surface area contributed by atoms with Gasteiger partial charge in [-0.05, 0) is 96.9 Å². The number of thioether (sulfide) groups is 1. The Hall–Kier alpha value is -3.06. The van der Waals surface area contributed by atoms with Crippen molar-refractivity contribution in [3.63, 3.8) is 0 Å². The van der Waals surface area contributed by atoms with Gasteiger partial charge in [0.2, 0.25) is 5.91 Å². The fraction of sp³-hybridized carbons (Fsp3) is 0.308. The smallest absolute Gasteiger partial charge is 0.344 e. The van der Waals surface area contributed by atoms with E-state index >= 15 is 0 Å². The van der Waals surface area contributed by atoms with Crippen molar-refractivity contribution in [1.29, 1.82) is 0 Å². The molecule has 1 aliphatic rings. The fourth-order valence-electron chi connectivity index (χ4n) is 3.78. The molecule has 2 aromatic rings. The molecule has 9 nitrogen and oxygen atoms in total. The maximum absolute atomic E-state index is 13.0. The van der Waals surface area contributed by atoms with Gasteiger partial charge in [0, 0.05) is 5.69 Å². The van der Waals surface area contributed by atoms with E-state index in [1.807, 2.05) is 55.5 Å². The van der Waals surface area contributed by atoms with Gasteiger partial charge in [-0.3, -0.25) is 19.3 Å². The lowest BCUT2D eigenvalue weighted by atomic mass is 10.1. The van der Waals surface area contributed by atoms with Crippen LogP contribution in [0.2, 0.25) is 0 Å². The molecule has 0 saturated carbocycles. The molecule has 0 radical (unpaired) electrons. The molecule has 0 bridgehead atoms. The van der Waals surface area contributed by atoms with Crippen LogP contribution in [-0.4, -0.2) is 54.8 Å². The summed E-state index contributed by atoms with van der Waals surface area (Å²) in [7, 11) is 1.45. The van der Waals surface area contributed by atoms with E-state index < -0.39 is 29.6 Å². The van der Waals surface area contributed by atoms with E-state index in [2.05, 4.69) is 5.32 Å². The second-order valence-corrected chi connectivity index (χ2v) is 10.4. The molecule has 2 aromatic carbocycles. The maximum Gasteiger partial charge on any atom is 0.344 e. The SMILES string of the molecule is CCOC(=O)COc1c(I)cc(/C=C2/SC(=O)N(CC(=O)Nc3c(C)cc(C)cc3C)C2=O)cc1OC. The molecule has 0 aliphatic carbocycles. The number of amides is 3. The van der Waals surface area contributed by atoms with Crippen molar-refractivity contribution in [3.8, 4) is 11.5 Å². The molecule has 11 heteroatoms. The number of imide groups is 1. The third-order valence-corrected chi connectivity index (χ3v) is 7.01. The molecule has 3 rings (SSSR count). The molecular formula is C26H27IN2O7S. The number of hydrogen-bond donors (Lipinski definition) is 1. The Kier molecular flexibility index (Phi) is 9.60. The van der Waals surface area contributed by atoms with E-state index in [-0.39, 0.29) is 18.1 Å². The number of hydrogen-bond acceptors (Lipinski definition) is 8. The first-order chi connectivity index (χ1) is 17.5. The summed E-state index contributed by atoms with van der Waals surface area (Å²) in [4.78, 5) is 50.9. The third kappa shape index (κ3) is 7.04. The van der Waals surface area contributed by atoms with Crippen LogP contribution in [0, 0.1) is 24.3 Å². The Balaban J connectivity index is 1.74. The molecule has 1 N–H and O–H groups in total. The number of rotatable bonds is 9. The summed E-state index contributed by atoms with van der Waals surface area (Å²) >= 11 is 2.79. The molecule has 37 heavy (non-hydrogen) atoms. The first kappa shape index (κ1) is 28.5. The highest BCUT2D eigenvalue weighted by atomic mass is 127. The summed E-state index contributed by atoms with van der Waals surface area (Å²) in [6.07, 6.45) is 1.55. The Morgan fingerprint density at radius 3 is 2.41 bits per heavy atom. The van der Waals surface area contributed by atoms with E-state index in [1.54, 1.807) is 25.1 Å². The predicted molar refractivity (Wildman–Crippen MR) is 150 cm³/mol. The number of esters is 1. The zero-order chi connectivity index (χ0) is 27.3. The molecule has 0 aromatic heterocycles. The van der Waals surface area contributed by atoms with Gasteiger partial charge in [-0.15, -0.1) is 0 Å². The maximum atomic E-state index is 13.0. The van der Waals surface area contributed by atoms with Crippen LogP contribution in [0.5, 0.6) is 11.5 Å². The minimum absolute atomic E-state index is 0.179. The van der Waals surface area contributed by atoms with Crippen LogP contribution in [0.15, 0.2) is 29.2 Å². The van der Waals surface area contributed by atoms with Crippen LogP contribution >= 0.6 is 34.4 Å². The van der Waals surface area contributed by atoms with Gasteiger partial charge in [-0.1, -0.05) is 17.7 Å². The number of nitrogens with zero attached hydrogens (tertiary/aromatic N) is 1. The minimum atomic E-state index is -0.556. The van der Waals surface area contributed by atoms with E-state index in [1.165, 1.54) is 7.11 Å². The lowest BCUT2D eigenvalue weighted by Crippen LogP contribution is -2.36. The number of carbonyl (C=O) groups is 4. The molecule has 1 fully saturated rings. The third-order valence-electron chi connectivity index (χ3n) is 5.31. The average Bonchev–Trinajstić information content (AvgIpc) is 3.07. The summed E-state index contributed by atoms with van der Waals surface area (Å²) in [6.45, 7) is 7.04. The van der Waals surface area contributed by atoms with E-state index in [4.69, 9.17) is 14.2 Å². The zero-order valence-corrected chi connectivity index (χ0v) is 24.1. The first-order valence-electron chi connectivity index (χ1n) is 11.3. The number of carbonyl (C=O) groups excluding carboxylic acids is 4. The number of methoxy groups -OCH3 is 1. The van der Waals surface area contributed by atoms with Crippen molar-refractivity contribution in [3.05, 3.63) is 55.0 Å². The lowest BCUT2D eigenvalue weighted by molar-refractivity contribution is -0.145. The monoisotopic (exact) mass is 638 g/mol. The second kappa shape index (κ2) is 12.5. The van der Waals surface area contributed by atoms with E-state index in [9.17, 15) is 19.2 Å². The van der Waals surface area contributed by atoms with Crippen LogP contribution < -0.4 is 14.8 Å². The van der Waals surface area contributed by atoms with E-state index in [0.29, 0.717) is 26.3 Å². The number of ether oxygens (including phenoxy) is 3. The molecule has 1 saturated heterocycles. The van der Waals surface area contributed by atoms with Gasteiger partial charge in [-0.25, -0.2) is 4.79 Å². The van der Waals surface area contributed by atoms with Crippen LogP contribution in [0.4, 0.5) is 10.5 Å². The summed E-state index contributed by atoms with van der Waals surface area (Å²) in [6, 6.07) is 7.27. The zero-order valence-electron chi connectivity index (χ0n) is 21.1. The van der Waals surface area contributed by atoms with Crippen molar-refractivity contribution >= 4 is 69.1 Å². The van der Waals surface area contributed by atoms with Crippen molar-refractivity contribution in [2.24, 2.45) is 0 Å². The van der Waals surface area contributed by atoms with Crippen LogP contribution in [0.1, 0.15) is 29.2 Å². The van der Waals surface area contributed by atoms with Crippen molar-refractivity contribution in [2.75, 3.05) is 32.2 Å². The standard InChI is InChI=1S/C26H27IN2O7S/c1-6-35-22(31)13-36-24-18(27)9-17(10-19(24)34-5)11-20-25(32)29(26(33)37-20)12-21(30)28-23-15(3)7-14(2)8-16(23)4/h7-11H,6,12-13H2,1-5H3,(H,28,30)/b20-11+. The first-order valence-corrected chi connectivity index (χ1v) is 13.2. The topological polar surface area (TPSA) is 111 Å². The normalized spacial score (nSPS) is 14.2. The number of nitrogens with one attached hydrogen (secondary N) is 1. The minimum Gasteiger partial charge on any atom is -0.493 e. The summed E-state index contributed by atoms with van der Waals surface area (Å²) in [5.74, 6) is -0.809. The summed E-state index contributed by atoms with van der Waals surface area (Å²) < 4.78 is 16.5. The largest absolute Gasteiger partial charge is 0.493 e. The van der Waals surface area contributed by atoms with Crippen LogP contribution in [0.3, 0.4) is 0 Å². The van der Waals surface area contributed by atoms with Gasteiger partial charge in [0.05, 0.1) is 22.2 Å². The highest BCUT2D eigenvalue weighted by Crippen LogP contribution is 2.37. The highest BCUT2D eigenvalue weighted by molar-refractivity contribution is 14.1. The number of benzene rings is 2.